The van der Waals surface area contributed by atoms with Gasteiger partial charge in [-0.2, -0.15) is 0 Å². The second kappa shape index (κ2) is 6.46. The second-order valence-corrected chi connectivity index (χ2v) is 7.32. The Morgan fingerprint density at radius 1 is 1.15 bits per heavy atom. The number of amides is 1. The smallest absolute Gasteiger partial charge is 0.254 e. The number of hydrogen-bond acceptors (Lipinski definition) is 1. The Morgan fingerprint density at radius 2 is 1.96 bits per heavy atom. The van der Waals surface area contributed by atoms with Crippen LogP contribution in [0.4, 0.5) is 13.2 Å². The summed E-state index contributed by atoms with van der Waals surface area (Å²) in [6.45, 7) is 0. The molecule has 1 atom stereocenters. The number of H-pyrrole nitrogens is 1. The molecule has 1 aliphatic rings. The summed E-state index contributed by atoms with van der Waals surface area (Å²) >= 11 is 3.46. The number of aromatic amines is 1. The molecular weight excluding hydrogens is 409 g/mol. The Balaban J connectivity index is 1.58. The average Bonchev–Trinajstić information content (AvgIpc) is 2.97. The molecule has 7 heteroatoms. The van der Waals surface area contributed by atoms with Crippen LogP contribution in [0, 0.1) is 17.5 Å². The first-order chi connectivity index (χ1) is 12.4. The van der Waals surface area contributed by atoms with Gasteiger partial charge in [-0.1, -0.05) is 15.9 Å². The fraction of sp³-hybridized carbons (Fsp3) is 0.211. The number of carbonyl (C=O) groups is 1. The third kappa shape index (κ3) is 2.90. The molecule has 3 aromatic rings. The van der Waals surface area contributed by atoms with Gasteiger partial charge in [0.05, 0.1) is 5.56 Å². The predicted molar refractivity (Wildman–Crippen MR) is 95.6 cm³/mol. The molecular formula is C19H14BrF3N2O. The van der Waals surface area contributed by atoms with E-state index >= 15 is 0 Å². The van der Waals surface area contributed by atoms with Gasteiger partial charge in [-0.15, -0.1) is 0 Å². The van der Waals surface area contributed by atoms with Crippen molar-refractivity contribution in [1.29, 1.82) is 0 Å². The van der Waals surface area contributed by atoms with Crippen LogP contribution in [0.2, 0.25) is 0 Å². The van der Waals surface area contributed by atoms with Gasteiger partial charge in [0.25, 0.3) is 5.91 Å². The normalized spacial score (nSPS) is 16.5. The lowest BCUT2D eigenvalue weighted by Crippen LogP contribution is -2.39. The predicted octanol–water partition coefficient (Wildman–Crippen LogP) is 4.64. The number of nitrogens with one attached hydrogen (secondary N) is 2. The van der Waals surface area contributed by atoms with Crippen molar-refractivity contribution in [2.75, 3.05) is 0 Å². The molecule has 0 spiro atoms. The highest BCUT2D eigenvalue weighted by atomic mass is 79.9. The number of aryl methyl sites for hydroxylation is 1. The van der Waals surface area contributed by atoms with Crippen LogP contribution in [0.1, 0.15) is 28.0 Å². The summed E-state index contributed by atoms with van der Waals surface area (Å²) in [5, 5.41) is 3.82. The summed E-state index contributed by atoms with van der Waals surface area (Å²) in [6.07, 6.45) is 2.01. The fourth-order valence-electron chi connectivity index (χ4n) is 3.48. The lowest BCUT2D eigenvalue weighted by atomic mass is 9.91. The van der Waals surface area contributed by atoms with Crippen molar-refractivity contribution in [2.24, 2.45) is 0 Å². The van der Waals surface area contributed by atoms with Crippen LogP contribution in [-0.4, -0.2) is 16.9 Å². The minimum atomic E-state index is -1.63. The van der Waals surface area contributed by atoms with E-state index < -0.39 is 28.9 Å². The monoisotopic (exact) mass is 422 g/mol. The summed E-state index contributed by atoms with van der Waals surface area (Å²) in [5.74, 6) is -5.15. The Morgan fingerprint density at radius 3 is 2.77 bits per heavy atom. The molecule has 1 aromatic heterocycles. The molecule has 0 bridgehead atoms. The lowest BCUT2D eigenvalue weighted by Gasteiger charge is -2.24. The number of benzene rings is 2. The minimum Gasteiger partial charge on any atom is -0.358 e. The van der Waals surface area contributed by atoms with E-state index in [0.29, 0.717) is 12.8 Å². The number of aromatic nitrogens is 1. The van der Waals surface area contributed by atoms with Crippen molar-refractivity contribution in [2.45, 2.75) is 25.3 Å². The largest absolute Gasteiger partial charge is 0.358 e. The van der Waals surface area contributed by atoms with E-state index in [-0.39, 0.29) is 6.04 Å². The number of hydrogen-bond donors (Lipinski definition) is 2. The molecule has 1 amide bonds. The summed E-state index contributed by atoms with van der Waals surface area (Å²) in [6, 6.07) is 7.46. The molecule has 1 heterocycles. The summed E-state index contributed by atoms with van der Waals surface area (Å²) in [5.41, 5.74) is 2.78. The van der Waals surface area contributed by atoms with Gasteiger partial charge in [0.2, 0.25) is 0 Å². The van der Waals surface area contributed by atoms with Gasteiger partial charge < -0.3 is 10.3 Å². The van der Waals surface area contributed by atoms with Crippen LogP contribution in [-0.2, 0) is 12.8 Å². The maximum absolute atomic E-state index is 13.8. The van der Waals surface area contributed by atoms with Crippen molar-refractivity contribution in [1.82, 2.24) is 10.3 Å². The fourth-order valence-corrected chi connectivity index (χ4v) is 3.84. The van der Waals surface area contributed by atoms with Crippen molar-refractivity contribution in [3.05, 3.63) is 69.1 Å². The number of fused-ring (bicyclic) bond motifs is 3. The third-order valence-electron chi connectivity index (χ3n) is 4.76. The number of rotatable bonds is 2. The first kappa shape index (κ1) is 17.1. The van der Waals surface area contributed by atoms with Gasteiger partial charge in [-0.25, -0.2) is 13.2 Å². The Kier molecular flexibility index (Phi) is 4.26. The third-order valence-corrected chi connectivity index (χ3v) is 5.26. The van der Waals surface area contributed by atoms with E-state index in [1.54, 1.807) is 0 Å². The van der Waals surface area contributed by atoms with Gasteiger partial charge in [-0.3, -0.25) is 4.79 Å². The Labute approximate surface area is 155 Å². The Hall–Kier alpha value is -2.28. The first-order valence-corrected chi connectivity index (χ1v) is 8.96. The topological polar surface area (TPSA) is 44.9 Å². The zero-order valence-corrected chi connectivity index (χ0v) is 15.1. The molecule has 3 nitrogen and oxygen atoms in total. The molecule has 0 radical (unpaired) electrons. The van der Waals surface area contributed by atoms with Gasteiger partial charge in [0.15, 0.2) is 17.5 Å². The zero-order valence-electron chi connectivity index (χ0n) is 13.5. The molecule has 0 fully saturated rings. The second-order valence-electron chi connectivity index (χ2n) is 6.41. The molecule has 2 N–H and O–H groups in total. The standard InChI is InChI=1S/C19H14BrF3N2O/c20-9-1-5-15-12(7-9)13-8-10(2-6-16(13)25-15)24-19(26)11-3-4-14(21)18(23)17(11)22/h1,3-5,7,10,25H,2,6,8H2,(H,24,26). The molecule has 2 aromatic carbocycles. The van der Waals surface area contributed by atoms with Crippen LogP contribution in [0.15, 0.2) is 34.8 Å². The average molecular weight is 423 g/mol. The van der Waals surface area contributed by atoms with Gasteiger partial charge in [0, 0.05) is 27.1 Å². The summed E-state index contributed by atoms with van der Waals surface area (Å²) in [7, 11) is 0. The maximum atomic E-state index is 13.8. The van der Waals surface area contributed by atoms with Crippen molar-refractivity contribution < 1.29 is 18.0 Å². The number of carbonyl (C=O) groups excluding carboxylic acids is 1. The molecule has 4 rings (SSSR count). The quantitative estimate of drug-likeness (QED) is 0.580. The van der Waals surface area contributed by atoms with Crippen LogP contribution in [0.5, 0.6) is 0 Å². The molecule has 0 aliphatic heterocycles. The van der Waals surface area contributed by atoms with Crippen molar-refractivity contribution in [3.63, 3.8) is 0 Å². The van der Waals surface area contributed by atoms with E-state index in [2.05, 4.69) is 26.2 Å². The van der Waals surface area contributed by atoms with E-state index in [0.717, 1.165) is 45.2 Å². The summed E-state index contributed by atoms with van der Waals surface area (Å²) < 4.78 is 41.2. The molecule has 0 saturated heterocycles. The van der Waals surface area contributed by atoms with E-state index in [4.69, 9.17) is 0 Å². The maximum Gasteiger partial charge on any atom is 0.254 e. The van der Waals surface area contributed by atoms with Crippen LogP contribution in [0.3, 0.4) is 0 Å². The molecule has 134 valence electrons. The van der Waals surface area contributed by atoms with Gasteiger partial charge in [-0.05, 0) is 55.2 Å². The van der Waals surface area contributed by atoms with Gasteiger partial charge >= 0.3 is 0 Å². The van der Waals surface area contributed by atoms with E-state index in [1.807, 2.05) is 18.2 Å². The van der Waals surface area contributed by atoms with Crippen LogP contribution < -0.4 is 5.32 Å². The van der Waals surface area contributed by atoms with E-state index in [1.165, 1.54) is 0 Å². The highest BCUT2D eigenvalue weighted by Gasteiger charge is 2.26. The van der Waals surface area contributed by atoms with Crippen LogP contribution in [0.25, 0.3) is 10.9 Å². The highest BCUT2D eigenvalue weighted by Crippen LogP contribution is 2.31. The number of halogens is 4. The molecule has 1 aliphatic carbocycles. The SMILES string of the molecule is O=C(NC1CCc2[nH]c3ccc(Br)cc3c2C1)c1ccc(F)c(F)c1F. The Bertz CT molecular complexity index is 1030. The summed E-state index contributed by atoms with van der Waals surface area (Å²) in [4.78, 5) is 15.7. The molecule has 26 heavy (non-hydrogen) atoms. The lowest BCUT2D eigenvalue weighted by molar-refractivity contribution is 0.0928. The highest BCUT2D eigenvalue weighted by molar-refractivity contribution is 9.10. The molecule has 1 unspecified atom stereocenters. The van der Waals surface area contributed by atoms with Crippen molar-refractivity contribution in [3.8, 4) is 0 Å². The molecule has 0 saturated carbocycles. The zero-order chi connectivity index (χ0) is 18.4. The first-order valence-electron chi connectivity index (χ1n) is 8.17. The van der Waals surface area contributed by atoms with E-state index in [9.17, 15) is 18.0 Å². The van der Waals surface area contributed by atoms with Gasteiger partial charge in [0.1, 0.15) is 0 Å². The minimum absolute atomic E-state index is 0.208. The van der Waals surface area contributed by atoms with Crippen molar-refractivity contribution >= 4 is 32.7 Å². The van der Waals surface area contributed by atoms with Crippen LogP contribution >= 0.6 is 15.9 Å².